The minimum atomic E-state index is -0.508. The van der Waals surface area contributed by atoms with Crippen LogP contribution in [0.5, 0.6) is 0 Å². The molecular formula is C42H65N3O7. The van der Waals surface area contributed by atoms with Crippen LogP contribution in [0.1, 0.15) is 95.4 Å². The molecule has 2 amide bonds. The zero-order chi connectivity index (χ0) is 37.6. The quantitative estimate of drug-likeness (QED) is 0.163. The standard InChI is InChI=1S/C42H65N3O7/c1-9-29(3)39(43-6)36(48-7)25-37(46)45-24-14-18-35(45)40(49-8)30(4)42(47)44-31(5)41(33-15-11-10-12-16-33)52-38-19-13-17-34(51-38)27-50-26-32-22-20-28(2)21-23-32/h10-12,15-16,20-23,29-31,34-36,38-41,43H,9,13-14,17-19,24-27H2,1-8H3,(H,44,47)/t29-,30+,31+,34?,35-,36+,38?,39-,40+,41+/m0/s1. The fourth-order valence-electron chi connectivity index (χ4n) is 7.83. The molecule has 0 bridgehead atoms. The van der Waals surface area contributed by atoms with Gasteiger partial charge in [-0.1, -0.05) is 87.4 Å². The zero-order valence-electron chi connectivity index (χ0n) is 32.8. The molecule has 10 atom stereocenters. The summed E-state index contributed by atoms with van der Waals surface area (Å²) in [6, 6.07) is 17.8. The number of nitrogens with zero attached hydrogens (tertiary/aromatic N) is 1. The maximum atomic E-state index is 14.0. The van der Waals surface area contributed by atoms with Gasteiger partial charge in [-0.15, -0.1) is 0 Å². The van der Waals surface area contributed by atoms with E-state index in [9.17, 15) is 9.59 Å². The van der Waals surface area contributed by atoms with Crippen molar-refractivity contribution in [3.8, 4) is 0 Å². The summed E-state index contributed by atoms with van der Waals surface area (Å²) in [5, 5.41) is 6.61. The molecule has 52 heavy (non-hydrogen) atoms. The smallest absolute Gasteiger partial charge is 0.225 e. The number of benzene rings is 2. The average Bonchev–Trinajstić information content (AvgIpc) is 3.65. The maximum Gasteiger partial charge on any atom is 0.225 e. The van der Waals surface area contributed by atoms with Crippen LogP contribution in [0, 0.1) is 18.8 Å². The van der Waals surface area contributed by atoms with Crippen molar-refractivity contribution in [3.63, 3.8) is 0 Å². The van der Waals surface area contributed by atoms with Gasteiger partial charge in [0.05, 0.1) is 55.9 Å². The third-order valence-corrected chi connectivity index (χ3v) is 11.1. The van der Waals surface area contributed by atoms with Gasteiger partial charge in [-0.25, -0.2) is 0 Å². The van der Waals surface area contributed by atoms with Crippen molar-refractivity contribution in [2.45, 2.75) is 135 Å². The summed E-state index contributed by atoms with van der Waals surface area (Å²) in [7, 11) is 5.23. The van der Waals surface area contributed by atoms with E-state index in [1.54, 1.807) is 14.2 Å². The van der Waals surface area contributed by atoms with E-state index >= 15 is 0 Å². The Hall–Kier alpha value is -2.86. The van der Waals surface area contributed by atoms with Gasteiger partial charge in [0, 0.05) is 26.8 Å². The molecule has 0 spiro atoms. The highest BCUT2D eigenvalue weighted by molar-refractivity contribution is 5.80. The molecule has 2 fully saturated rings. The first-order valence-electron chi connectivity index (χ1n) is 19.4. The Balaban J connectivity index is 1.38. The number of hydrogen-bond acceptors (Lipinski definition) is 8. The van der Waals surface area contributed by atoms with Crippen molar-refractivity contribution in [1.82, 2.24) is 15.5 Å². The van der Waals surface area contributed by atoms with E-state index in [-0.39, 0.29) is 48.6 Å². The number of amides is 2. The number of rotatable bonds is 20. The number of likely N-dealkylation sites (N-methyl/N-ethyl adjacent to an activating group) is 1. The SMILES string of the molecule is CC[C@H](C)[C@H](NC)[C@@H](CC(=O)N1CCC[C@H]1[C@H](OC)[C@@H](C)C(=O)N[C@H](C)[C@@H](OC1CCCC(COCc2ccc(C)cc2)O1)c1ccccc1)OC. The lowest BCUT2D eigenvalue weighted by molar-refractivity contribution is -0.229. The van der Waals surface area contributed by atoms with Crippen molar-refractivity contribution in [2.24, 2.45) is 11.8 Å². The van der Waals surface area contributed by atoms with Gasteiger partial charge >= 0.3 is 0 Å². The predicted molar refractivity (Wildman–Crippen MR) is 204 cm³/mol. The van der Waals surface area contributed by atoms with Crippen LogP contribution in [0.25, 0.3) is 0 Å². The van der Waals surface area contributed by atoms with Gasteiger partial charge in [0.15, 0.2) is 6.29 Å². The van der Waals surface area contributed by atoms with Crippen molar-refractivity contribution in [3.05, 3.63) is 71.3 Å². The number of aryl methyl sites for hydroxylation is 1. The molecule has 2 unspecified atom stereocenters. The second-order valence-electron chi connectivity index (χ2n) is 14.8. The molecule has 2 N–H and O–H groups in total. The van der Waals surface area contributed by atoms with Gasteiger partial charge in [0.25, 0.3) is 0 Å². The molecule has 2 aliphatic rings. The number of carbonyl (C=O) groups excluding carboxylic acids is 2. The summed E-state index contributed by atoms with van der Waals surface area (Å²) in [6.07, 6.45) is 3.90. The molecule has 2 heterocycles. The van der Waals surface area contributed by atoms with E-state index in [4.69, 9.17) is 23.7 Å². The molecule has 2 aromatic carbocycles. The Bertz CT molecular complexity index is 1340. The van der Waals surface area contributed by atoms with E-state index in [0.717, 1.165) is 49.7 Å². The number of likely N-dealkylation sites (tertiary alicyclic amines) is 1. The molecule has 0 aliphatic carbocycles. The summed E-state index contributed by atoms with van der Waals surface area (Å²) in [5.74, 6) is -0.263. The Morgan fingerprint density at radius 3 is 2.35 bits per heavy atom. The number of ether oxygens (including phenoxy) is 5. The number of carbonyl (C=O) groups is 2. The molecule has 0 saturated carbocycles. The Labute approximate surface area is 312 Å². The summed E-state index contributed by atoms with van der Waals surface area (Å²) in [6.45, 7) is 11.9. The summed E-state index contributed by atoms with van der Waals surface area (Å²) in [4.78, 5) is 29.6. The van der Waals surface area contributed by atoms with Crippen LogP contribution in [-0.2, 0) is 39.9 Å². The Morgan fingerprint density at radius 2 is 1.69 bits per heavy atom. The van der Waals surface area contributed by atoms with Crippen LogP contribution < -0.4 is 10.6 Å². The highest BCUT2D eigenvalue weighted by atomic mass is 16.7. The lowest BCUT2D eigenvalue weighted by Crippen LogP contribution is -2.52. The zero-order valence-corrected chi connectivity index (χ0v) is 32.8. The maximum absolute atomic E-state index is 14.0. The number of hydrogen-bond donors (Lipinski definition) is 2. The minimum Gasteiger partial charge on any atom is -0.379 e. The van der Waals surface area contributed by atoms with E-state index in [2.05, 4.69) is 55.7 Å². The molecule has 0 radical (unpaired) electrons. The van der Waals surface area contributed by atoms with Crippen molar-refractivity contribution < 1.29 is 33.3 Å². The highest BCUT2D eigenvalue weighted by Gasteiger charge is 2.41. The first-order valence-corrected chi connectivity index (χ1v) is 19.4. The molecule has 2 aromatic rings. The van der Waals surface area contributed by atoms with Crippen molar-refractivity contribution in [2.75, 3.05) is 34.4 Å². The molecular weight excluding hydrogens is 658 g/mol. The lowest BCUT2D eigenvalue weighted by Gasteiger charge is -2.37. The van der Waals surface area contributed by atoms with Gasteiger partial charge in [-0.2, -0.15) is 0 Å². The van der Waals surface area contributed by atoms with Gasteiger partial charge < -0.3 is 39.2 Å². The molecule has 2 aliphatic heterocycles. The van der Waals surface area contributed by atoms with Gasteiger partial charge in [-0.3, -0.25) is 9.59 Å². The van der Waals surface area contributed by atoms with Crippen LogP contribution >= 0.6 is 0 Å². The van der Waals surface area contributed by atoms with Crippen molar-refractivity contribution >= 4 is 11.8 Å². The normalized spacial score (nSPS) is 23.3. The third-order valence-electron chi connectivity index (χ3n) is 11.1. The first-order chi connectivity index (χ1) is 25.1. The molecule has 10 nitrogen and oxygen atoms in total. The molecule has 10 heteroatoms. The summed E-state index contributed by atoms with van der Waals surface area (Å²) in [5.41, 5.74) is 3.33. The molecule has 0 aromatic heterocycles. The van der Waals surface area contributed by atoms with Crippen LogP contribution in [-0.4, -0.2) is 93.9 Å². The van der Waals surface area contributed by atoms with E-state index in [1.807, 2.05) is 56.1 Å². The Kier molecular flexibility index (Phi) is 17.0. The summed E-state index contributed by atoms with van der Waals surface area (Å²) >= 11 is 0. The number of nitrogens with one attached hydrogen (secondary N) is 2. The predicted octanol–water partition coefficient (Wildman–Crippen LogP) is 6.35. The molecule has 2 saturated heterocycles. The second-order valence-corrected chi connectivity index (χ2v) is 14.8. The largest absolute Gasteiger partial charge is 0.379 e. The van der Waals surface area contributed by atoms with Gasteiger partial charge in [-0.05, 0) is 70.0 Å². The van der Waals surface area contributed by atoms with E-state index < -0.39 is 24.4 Å². The second kappa shape index (κ2) is 21.1. The summed E-state index contributed by atoms with van der Waals surface area (Å²) < 4.78 is 31.0. The third kappa shape index (κ3) is 11.6. The highest BCUT2D eigenvalue weighted by Crippen LogP contribution is 2.31. The van der Waals surface area contributed by atoms with Crippen LogP contribution in [0.4, 0.5) is 0 Å². The van der Waals surface area contributed by atoms with Crippen LogP contribution in [0.15, 0.2) is 54.6 Å². The topological polar surface area (TPSA) is 108 Å². The van der Waals surface area contributed by atoms with Gasteiger partial charge in [0.1, 0.15) is 6.10 Å². The fourth-order valence-corrected chi connectivity index (χ4v) is 7.83. The average molecular weight is 724 g/mol. The first kappa shape index (κ1) is 41.9. The fraction of sp³-hybridized carbons (Fsp3) is 0.667. The van der Waals surface area contributed by atoms with E-state index in [0.29, 0.717) is 25.7 Å². The Morgan fingerprint density at radius 1 is 0.962 bits per heavy atom. The van der Waals surface area contributed by atoms with Crippen molar-refractivity contribution in [1.29, 1.82) is 0 Å². The van der Waals surface area contributed by atoms with Crippen LogP contribution in [0.3, 0.4) is 0 Å². The molecule has 290 valence electrons. The molecule has 4 rings (SSSR count). The number of methoxy groups -OCH3 is 2. The van der Waals surface area contributed by atoms with E-state index in [1.165, 1.54) is 5.56 Å². The minimum absolute atomic E-state index is 0.0322. The van der Waals surface area contributed by atoms with Crippen LogP contribution in [0.2, 0.25) is 0 Å². The lowest BCUT2D eigenvalue weighted by atomic mass is 9.91. The monoisotopic (exact) mass is 723 g/mol. The van der Waals surface area contributed by atoms with Gasteiger partial charge in [0.2, 0.25) is 11.8 Å².